The number of amides is 1. The topological polar surface area (TPSA) is 78.1 Å². The van der Waals surface area contributed by atoms with E-state index in [0.29, 0.717) is 6.54 Å². The molecule has 1 amide bonds. The van der Waals surface area contributed by atoms with Crippen molar-refractivity contribution in [2.45, 2.75) is 19.8 Å². The number of aromatic amines is 1. The third-order valence-electron chi connectivity index (χ3n) is 4.09. The Labute approximate surface area is 134 Å². The van der Waals surface area contributed by atoms with Gasteiger partial charge in [0.1, 0.15) is 0 Å². The number of anilines is 2. The number of carbonyl (C=O) groups is 1. The van der Waals surface area contributed by atoms with Gasteiger partial charge in [-0.25, -0.2) is 5.10 Å². The van der Waals surface area contributed by atoms with Crippen molar-refractivity contribution < 1.29 is 4.79 Å². The summed E-state index contributed by atoms with van der Waals surface area (Å²) in [5, 5.41) is 9.18. The molecule has 6 nitrogen and oxygen atoms in total. The van der Waals surface area contributed by atoms with E-state index in [1.165, 1.54) is 6.07 Å². The van der Waals surface area contributed by atoms with Gasteiger partial charge in [-0.2, -0.15) is 5.10 Å². The number of nitrogens with zero attached hydrogens (tertiary/aromatic N) is 2. The highest BCUT2D eigenvalue weighted by atomic mass is 16.2. The zero-order valence-electron chi connectivity index (χ0n) is 13.1. The molecular formula is C17H20N4O2. The molecule has 1 fully saturated rings. The number of nitrogens with one attached hydrogen (secondary N) is 2. The third-order valence-corrected chi connectivity index (χ3v) is 4.09. The van der Waals surface area contributed by atoms with Crippen LogP contribution in [0.3, 0.4) is 0 Å². The average Bonchev–Trinajstić information content (AvgIpc) is 2.55. The number of H-pyrrole nitrogens is 1. The lowest BCUT2D eigenvalue weighted by Crippen LogP contribution is -2.41. The smallest absolute Gasteiger partial charge is 0.266 e. The summed E-state index contributed by atoms with van der Waals surface area (Å²) >= 11 is 0. The van der Waals surface area contributed by atoms with Crippen molar-refractivity contribution >= 4 is 17.3 Å². The summed E-state index contributed by atoms with van der Waals surface area (Å²) in [6, 6.07) is 9.30. The van der Waals surface area contributed by atoms with E-state index < -0.39 is 0 Å². The molecule has 1 aliphatic rings. The maximum atomic E-state index is 12.5. The predicted octanol–water partition coefficient (Wildman–Crippen LogP) is 1.93. The maximum absolute atomic E-state index is 12.5. The number of aryl methyl sites for hydroxylation is 1. The van der Waals surface area contributed by atoms with Gasteiger partial charge in [-0.15, -0.1) is 0 Å². The molecule has 1 aromatic carbocycles. The van der Waals surface area contributed by atoms with Crippen molar-refractivity contribution in [3.8, 4) is 0 Å². The SMILES string of the molecule is Cc1cccc(NC(=O)[C@@H]2CCCN(c3cn[nH]c(=O)c3)C2)c1. The number of aromatic nitrogens is 2. The minimum Gasteiger partial charge on any atom is -0.369 e. The predicted molar refractivity (Wildman–Crippen MR) is 89.6 cm³/mol. The van der Waals surface area contributed by atoms with Gasteiger partial charge in [0, 0.05) is 24.8 Å². The summed E-state index contributed by atoms with van der Waals surface area (Å²) in [5.41, 5.74) is 2.48. The lowest BCUT2D eigenvalue weighted by atomic mass is 9.96. The summed E-state index contributed by atoms with van der Waals surface area (Å²) in [5.74, 6) is -0.0679. The molecule has 0 unspecified atom stereocenters. The molecule has 23 heavy (non-hydrogen) atoms. The fraction of sp³-hybridized carbons (Fsp3) is 0.353. The van der Waals surface area contributed by atoms with Crippen LogP contribution in [0, 0.1) is 12.8 Å². The average molecular weight is 312 g/mol. The zero-order chi connectivity index (χ0) is 16.2. The first-order valence-corrected chi connectivity index (χ1v) is 7.79. The minimum atomic E-state index is -0.228. The molecule has 0 saturated carbocycles. The van der Waals surface area contributed by atoms with E-state index in [-0.39, 0.29) is 17.4 Å². The highest BCUT2D eigenvalue weighted by molar-refractivity contribution is 5.93. The Morgan fingerprint density at radius 3 is 3.04 bits per heavy atom. The second-order valence-corrected chi connectivity index (χ2v) is 5.95. The number of hydrogen-bond donors (Lipinski definition) is 2. The molecule has 2 aromatic rings. The van der Waals surface area contributed by atoms with Gasteiger partial charge in [0.05, 0.1) is 17.8 Å². The Balaban J connectivity index is 1.68. The molecule has 0 spiro atoms. The van der Waals surface area contributed by atoms with Gasteiger partial charge in [0.15, 0.2) is 0 Å². The molecule has 3 rings (SSSR count). The van der Waals surface area contributed by atoms with E-state index in [2.05, 4.69) is 15.5 Å². The molecule has 120 valence electrons. The van der Waals surface area contributed by atoms with Crippen molar-refractivity contribution in [1.29, 1.82) is 0 Å². The van der Waals surface area contributed by atoms with E-state index in [1.54, 1.807) is 6.20 Å². The van der Waals surface area contributed by atoms with Crippen molar-refractivity contribution in [2.75, 3.05) is 23.3 Å². The Bertz CT molecular complexity index is 756. The van der Waals surface area contributed by atoms with E-state index >= 15 is 0 Å². The summed E-state index contributed by atoms with van der Waals surface area (Å²) in [6.07, 6.45) is 3.39. The first-order chi connectivity index (χ1) is 11.1. The Hall–Kier alpha value is -2.63. The van der Waals surface area contributed by atoms with Crippen molar-refractivity contribution in [2.24, 2.45) is 5.92 Å². The zero-order valence-corrected chi connectivity index (χ0v) is 13.1. The Kier molecular flexibility index (Phi) is 4.41. The van der Waals surface area contributed by atoms with E-state index in [0.717, 1.165) is 36.3 Å². The van der Waals surface area contributed by atoms with Gasteiger partial charge in [0.25, 0.3) is 5.56 Å². The molecule has 0 bridgehead atoms. The van der Waals surface area contributed by atoms with Crippen LogP contribution in [0.15, 0.2) is 41.3 Å². The van der Waals surface area contributed by atoms with E-state index in [4.69, 9.17) is 0 Å². The van der Waals surface area contributed by atoms with Gasteiger partial charge in [-0.3, -0.25) is 9.59 Å². The molecule has 1 aliphatic heterocycles. The molecule has 2 heterocycles. The lowest BCUT2D eigenvalue weighted by molar-refractivity contribution is -0.120. The normalized spacial score (nSPS) is 17.8. The monoisotopic (exact) mass is 312 g/mol. The third kappa shape index (κ3) is 3.77. The van der Waals surface area contributed by atoms with Gasteiger partial charge in [0.2, 0.25) is 5.91 Å². The molecule has 0 radical (unpaired) electrons. The summed E-state index contributed by atoms with van der Waals surface area (Å²) in [4.78, 5) is 25.9. The van der Waals surface area contributed by atoms with Gasteiger partial charge in [-0.05, 0) is 37.5 Å². The molecule has 6 heteroatoms. The number of rotatable bonds is 3. The largest absolute Gasteiger partial charge is 0.369 e. The Morgan fingerprint density at radius 2 is 2.26 bits per heavy atom. The number of hydrogen-bond acceptors (Lipinski definition) is 4. The van der Waals surface area contributed by atoms with Crippen LogP contribution < -0.4 is 15.8 Å². The van der Waals surface area contributed by atoms with Crippen molar-refractivity contribution in [1.82, 2.24) is 10.2 Å². The van der Waals surface area contributed by atoms with Crippen LogP contribution >= 0.6 is 0 Å². The first-order valence-electron chi connectivity index (χ1n) is 7.79. The van der Waals surface area contributed by atoms with Crippen LogP contribution in [0.2, 0.25) is 0 Å². The van der Waals surface area contributed by atoms with Crippen LogP contribution in [-0.2, 0) is 4.79 Å². The number of piperidine rings is 1. The van der Waals surface area contributed by atoms with Crippen LogP contribution in [0.5, 0.6) is 0 Å². The van der Waals surface area contributed by atoms with Gasteiger partial charge in [-0.1, -0.05) is 12.1 Å². The summed E-state index contributed by atoms with van der Waals surface area (Å²) in [7, 11) is 0. The molecule has 1 saturated heterocycles. The van der Waals surface area contributed by atoms with Crippen LogP contribution in [-0.4, -0.2) is 29.2 Å². The fourth-order valence-electron chi connectivity index (χ4n) is 2.93. The van der Waals surface area contributed by atoms with Crippen LogP contribution in [0.4, 0.5) is 11.4 Å². The molecular weight excluding hydrogens is 292 g/mol. The summed E-state index contributed by atoms with van der Waals surface area (Å²) in [6.45, 7) is 3.43. The second-order valence-electron chi connectivity index (χ2n) is 5.95. The lowest BCUT2D eigenvalue weighted by Gasteiger charge is -2.33. The highest BCUT2D eigenvalue weighted by Crippen LogP contribution is 2.23. The maximum Gasteiger partial charge on any atom is 0.266 e. The minimum absolute atomic E-state index is 0.0260. The van der Waals surface area contributed by atoms with E-state index in [1.807, 2.05) is 36.1 Å². The van der Waals surface area contributed by atoms with Crippen molar-refractivity contribution in [3.05, 3.63) is 52.4 Å². The fourth-order valence-corrected chi connectivity index (χ4v) is 2.93. The molecule has 1 atom stereocenters. The summed E-state index contributed by atoms with van der Waals surface area (Å²) < 4.78 is 0. The van der Waals surface area contributed by atoms with Crippen LogP contribution in [0.1, 0.15) is 18.4 Å². The van der Waals surface area contributed by atoms with Gasteiger partial charge < -0.3 is 10.2 Å². The number of benzene rings is 1. The standard InChI is InChI=1S/C17H20N4O2/c1-12-4-2-6-14(8-12)19-17(23)13-5-3-7-21(11-13)15-9-16(22)20-18-10-15/h2,4,6,8-10,13H,3,5,7,11H2,1H3,(H,19,23)(H,20,22)/t13-/m1/s1. The molecule has 2 N–H and O–H groups in total. The van der Waals surface area contributed by atoms with Gasteiger partial charge >= 0.3 is 0 Å². The first kappa shape index (κ1) is 15.3. The quantitative estimate of drug-likeness (QED) is 0.908. The molecule has 1 aromatic heterocycles. The Morgan fingerprint density at radius 1 is 1.39 bits per heavy atom. The van der Waals surface area contributed by atoms with Crippen molar-refractivity contribution in [3.63, 3.8) is 0 Å². The molecule has 0 aliphatic carbocycles. The highest BCUT2D eigenvalue weighted by Gasteiger charge is 2.26. The van der Waals surface area contributed by atoms with E-state index in [9.17, 15) is 9.59 Å². The second kappa shape index (κ2) is 6.64. The number of carbonyl (C=O) groups excluding carboxylic acids is 1. The van der Waals surface area contributed by atoms with Crippen LogP contribution in [0.25, 0.3) is 0 Å².